The van der Waals surface area contributed by atoms with Gasteiger partial charge in [0.05, 0.1) is 0 Å². The second kappa shape index (κ2) is 6.13. The molecule has 1 rings (SSSR count). The summed E-state index contributed by atoms with van der Waals surface area (Å²) in [5.41, 5.74) is 3.57. The van der Waals surface area contributed by atoms with Crippen LogP contribution in [0.2, 0.25) is 10.0 Å². The van der Waals surface area contributed by atoms with Gasteiger partial charge in [-0.1, -0.05) is 35.3 Å². The molecule has 0 aliphatic rings. The number of nitrogens with one attached hydrogen (secondary N) is 1. The van der Waals surface area contributed by atoms with Crippen LogP contribution in [0.4, 0.5) is 0 Å². The first kappa shape index (κ1) is 12.5. The third kappa shape index (κ3) is 3.21. The lowest BCUT2D eigenvalue weighted by Crippen LogP contribution is -2.28. The molecule has 1 aromatic rings. The Bertz CT molecular complexity index is 319. The molecule has 4 heteroatoms. The zero-order valence-electron chi connectivity index (χ0n) is 8.34. The highest BCUT2D eigenvalue weighted by molar-refractivity contribution is 6.36. The predicted molar refractivity (Wildman–Crippen MR) is 66.0 cm³/mol. The Hall–Kier alpha value is -0.540. The maximum atomic E-state index is 6.08. The third-order valence-electron chi connectivity index (χ3n) is 2.21. The van der Waals surface area contributed by atoms with E-state index in [1.807, 2.05) is 12.1 Å². The van der Waals surface area contributed by atoms with E-state index in [1.165, 1.54) is 0 Å². The van der Waals surface area contributed by atoms with Crippen LogP contribution in [0, 0.1) is 0 Å². The van der Waals surface area contributed by atoms with E-state index in [0.29, 0.717) is 10.0 Å². The third-order valence-corrected chi connectivity index (χ3v) is 2.87. The average Bonchev–Trinajstić information content (AvgIpc) is 2.22. The number of hydrazine groups is 1. The van der Waals surface area contributed by atoms with Crippen LogP contribution in [0.25, 0.3) is 0 Å². The highest BCUT2D eigenvalue weighted by Crippen LogP contribution is 2.32. The lowest BCUT2D eigenvalue weighted by Gasteiger charge is -2.18. The van der Waals surface area contributed by atoms with Crippen LogP contribution in [0.15, 0.2) is 30.9 Å². The van der Waals surface area contributed by atoms with Crippen LogP contribution in [-0.2, 0) is 0 Å². The summed E-state index contributed by atoms with van der Waals surface area (Å²) in [6.07, 6.45) is 3.52. The molecule has 1 aromatic carbocycles. The van der Waals surface area contributed by atoms with Crippen molar-refractivity contribution in [2.75, 3.05) is 0 Å². The molecule has 0 saturated carbocycles. The first-order valence-corrected chi connectivity index (χ1v) is 5.47. The summed E-state index contributed by atoms with van der Waals surface area (Å²) in [7, 11) is 0. The maximum absolute atomic E-state index is 6.08. The normalized spacial score (nSPS) is 12.5. The van der Waals surface area contributed by atoms with Gasteiger partial charge in [0.15, 0.2) is 0 Å². The van der Waals surface area contributed by atoms with Crippen LogP contribution < -0.4 is 11.3 Å². The van der Waals surface area contributed by atoms with E-state index in [4.69, 9.17) is 29.0 Å². The van der Waals surface area contributed by atoms with Crippen LogP contribution in [0.1, 0.15) is 24.4 Å². The minimum atomic E-state index is -0.0378. The Labute approximate surface area is 100 Å². The van der Waals surface area contributed by atoms with Crippen molar-refractivity contribution in [2.24, 2.45) is 5.84 Å². The number of nitrogens with two attached hydrogens (primary N) is 1. The lowest BCUT2D eigenvalue weighted by atomic mass is 10.0. The van der Waals surface area contributed by atoms with Crippen LogP contribution in [-0.4, -0.2) is 0 Å². The summed E-state index contributed by atoms with van der Waals surface area (Å²) in [4.78, 5) is 0. The van der Waals surface area contributed by atoms with E-state index in [9.17, 15) is 0 Å². The van der Waals surface area contributed by atoms with Crippen LogP contribution >= 0.6 is 23.2 Å². The van der Waals surface area contributed by atoms with Crippen molar-refractivity contribution in [3.8, 4) is 0 Å². The van der Waals surface area contributed by atoms with E-state index in [0.717, 1.165) is 18.4 Å². The second-order valence-electron chi connectivity index (χ2n) is 3.22. The number of benzene rings is 1. The predicted octanol–water partition coefficient (Wildman–Crippen LogP) is 3.46. The summed E-state index contributed by atoms with van der Waals surface area (Å²) in [6, 6.07) is 5.39. The summed E-state index contributed by atoms with van der Waals surface area (Å²) in [5, 5.41) is 1.27. The van der Waals surface area contributed by atoms with Crippen molar-refractivity contribution in [1.82, 2.24) is 5.43 Å². The van der Waals surface area contributed by atoms with E-state index >= 15 is 0 Å². The molecule has 0 aromatic heterocycles. The van der Waals surface area contributed by atoms with Crippen molar-refractivity contribution in [2.45, 2.75) is 18.9 Å². The first-order valence-electron chi connectivity index (χ1n) is 4.71. The molecule has 0 spiro atoms. The van der Waals surface area contributed by atoms with Crippen molar-refractivity contribution in [3.63, 3.8) is 0 Å². The Kier molecular flexibility index (Phi) is 5.12. The molecule has 0 radical (unpaired) electrons. The molecule has 0 amide bonds. The van der Waals surface area contributed by atoms with Gasteiger partial charge >= 0.3 is 0 Å². The average molecular weight is 245 g/mol. The van der Waals surface area contributed by atoms with E-state index in [2.05, 4.69) is 12.0 Å². The quantitative estimate of drug-likeness (QED) is 0.473. The monoisotopic (exact) mass is 244 g/mol. The highest BCUT2D eigenvalue weighted by Gasteiger charge is 2.15. The molecule has 3 N–H and O–H groups in total. The number of allylic oxidation sites excluding steroid dienone is 1. The van der Waals surface area contributed by atoms with Gasteiger partial charge in [-0.05, 0) is 25.0 Å². The minimum Gasteiger partial charge on any atom is -0.271 e. The second-order valence-corrected chi connectivity index (χ2v) is 4.04. The molecule has 0 saturated heterocycles. The van der Waals surface area contributed by atoms with Crippen molar-refractivity contribution >= 4 is 23.2 Å². The van der Waals surface area contributed by atoms with Gasteiger partial charge in [-0.15, -0.1) is 6.58 Å². The molecule has 0 aliphatic carbocycles. The van der Waals surface area contributed by atoms with Crippen LogP contribution in [0.5, 0.6) is 0 Å². The Morgan fingerprint density at radius 1 is 1.40 bits per heavy atom. The Morgan fingerprint density at radius 2 is 2.00 bits per heavy atom. The number of hydrogen-bond donors (Lipinski definition) is 2. The fraction of sp³-hybridized carbons (Fsp3) is 0.273. The molecule has 1 unspecified atom stereocenters. The lowest BCUT2D eigenvalue weighted by molar-refractivity contribution is 0.521. The van der Waals surface area contributed by atoms with Gasteiger partial charge < -0.3 is 0 Å². The van der Waals surface area contributed by atoms with Gasteiger partial charge in [-0.2, -0.15) is 0 Å². The largest absolute Gasteiger partial charge is 0.271 e. The zero-order chi connectivity index (χ0) is 11.3. The molecular weight excluding hydrogens is 231 g/mol. The SMILES string of the molecule is C=CCCC(NN)c1c(Cl)cccc1Cl. The summed E-state index contributed by atoms with van der Waals surface area (Å²) in [6.45, 7) is 3.67. The molecule has 1 atom stereocenters. The molecule has 0 aliphatic heterocycles. The van der Waals surface area contributed by atoms with Gasteiger partial charge in [-0.25, -0.2) is 0 Å². The summed E-state index contributed by atoms with van der Waals surface area (Å²) < 4.78 is 0. The Morgan fingerprint density at radius 3 is 2.47 bits per heavy atom. The van der Waals surface area contributed by atoms with Gasteiger partial charge in [0.25, 0.3) is 0 Å². The molecule has 2 nitrogen and oxygen atoms in total. The minimum absolute atomic E-state index is 0.0378. The van der Waals surface area contributed by atoms with E-state index < -0.39 is 0 Å². The Balaban J connectivity index is 2.95. The molecule has 0 bridgehead atoms. The fourth-order valence-corrected chi connectivity index (χ4v) is 2.10. The van der Waals surface area contributed by atoms with Crippen molar-refractivity contribution in [1.29, 1.82) is 0 Å². The summed E-state index contributed by atoms with van der Waals surface area (Å²) >= 11 is 12.2. The topological polar surface area (TPSA) is 38.0 Å². The number of halogens is 2. The molecular formula is C11H14Cl2N2. The highest BCUT2D eigenvalue weighted by atomic mass is 35.5. The molecule has 0 heterocycles. The van der Waals surface area contributed by atoms with Gasteiger partial charge in [0.2, 0.25) is 0 Å². The van der Waals surface area contributed by atoms with E-state index in [-0.39, 0.29) is 6.04 Å². The smallest absolute Gasteiger partial charge is 0.0492 e. The number of hydrogen-bond acceptors (Lipinski definition) is 2. The molecule has 0 fully saturated rings. The zero-order valence-corrected chi connectivity index (χ0v) is 9.85. The molecule has 15 heavy (non-hydrogen) atoms. The van der Waals surface area contributed by atoms with Crippen molar-refractivity contribution < 1.29 is 0 Å². The first-order chi connectivity index (χ1) is 7.20. The van der Waals surface area contributed by atoms with E-state index in [1.54, 1.807) is 12.1 Å². The van der Waals surface area contributed by atoms with Gasteiger partial charge in [0, 0.05) is 21.7 Å². The summed E-state index contributed by atoms with van der Waals surface area (Å²) in [5.74, 6) is 5.48. The van der Waals surface area contributed by atoms with Crippen molar-refractivity contribution in [3.05, 3.63) is 46.5 Å². The van der Waals surface area contributed by atoms with Gasteiger partial charge in [0.1, 0.15) is 0 Å². The van der Waals surface area contributed by atoms with Crippen LogP contribution in [0.3, 0.4) is 0 Å². The fourth-order valence-electron chi connectivity index (χ4n) is 1.44. The maximum Gasteiger partial charge on any atom is 0.0492 e. The number of rotatable bonds is 5. The molecule has 82 valence electrons. The standard InChI is InChI=1S/C11H14Cl2N2/c1-2-3-7-10(15-14)11-8(12)5-4-6-9(11)13/h2,4-6,10,15H,1,3,7,14H2. The van der Waals surface area contributed by atoms with Gasteiger partial charge in [-0.3, -0.25) is 11.3 Å².